The summed E-state index contributed by atoms with van der Waals surface area (Å²) < 4.78 is 27.1. The van der Waals surface area contributed by atoms with E-state index in [9.17, 15) is 13.6 Å². The van der Waals surface area contributed by atoms with Gasteiger partial charge in [-0.05, 0) is 44.0 Å². The smallest absolute Gasteiger partial charge is 0.259 e. The molecule has 0 unspecified atom stereocenters. The second-order valence-corrected chi connectivity index (χ2v) is 4.98. The molecule has 104 valence electrons. The Morgan fingerprint density at radius 2 is 1.89 bits per heavy atom. The minimum atomic E-state index is -0.804. The third-order valence-electron chi connectivity index (χ3n) is 3.51. The first-order chi connectivity index (χ1) is 9.09. The van der Waals surface area contributed by atoms with E-state index in [0.29, 0.717) is 12.5 Å². The monoisotopic (exact) mass is 268 g/mol. The van der Waals surface area contributed by atoms with Gasteiger partial charge in [0.25, 0.3) is 5.91 Å². The van der Waals surface area contributed by atoms with Gasteiger partial charge in [-0.1, -0.05) is 6.07 Å². The van der Waals surface area contributed by atoms with E-state index in [2.05, 4.69) is 5.32 Å². The van der Waals surface area contributed by atoms with Crippen molar-refractivity contribution in [3.8, 4) is 0 Å². The molecule has 0 aliphatic carbocycles. The summed E-state index contributed by atoms with van der Waals surface area (Å²) in [6.07, 6.45) is 1.97. The number of benzene rings is 1. The average Bonchev–Trinajstić information content (AvgIpc) is 2.39. The first kappa shape index (κ1) is 13.9. The Labute approximate surface area is 111 Å². The number of carbonyl (C=O) groups is 1. The molecule has 0 radical (unpaired) electrons. The number of hydrogen-bond acceptors (Lipinski definition) is 2. The van der Waals surface area contributed by atoms with Gasteiger partial charge in [-0.2, -0.15) is 0 Å². The van der Waals surface area contributed by atoms with E-state index >= 15 is 0 Å². The Hall–Kier alpha value is -1.49. The minimum Gasteiger partial charge on any atom is -0.341 e. The van der Waals surface area contributed by atoms with Gasteiger partial charge >= 0.3 is 0 Å². The maximum absolute atomic E-state index is 13.5. The van der Waals surface area contributed by atoms with Crippen molar-refractivity contribution in [1.82, 2.24) is 10.2 Å². The minimum absolute atomic E-state index is 0.394. The maximum Gasteiger partial charge on any atom is 0.259 e. The highest BCUT2D eigenvalue weighted by Gasteiger charge is 2.23. The lowest BCUT2D eigenvalue weighted by atomic mass is 9.97. The molecule has 5 heteroatoms. The quantitative estimate of drug-likeness (QED) is 0.910. The van der Waals surface area contributed by atoms with Gasteiger partial charge < -0.3 is 10.2 Å². The van der Waals surface area contributed by atoms with Gasteiger partial charge in [-0.3, -0.25) is 4.79 Å². The van der Waals surface area contributed by atoms with Crippen molar-refractivity contribution in [2.24, 2.45) is 5.92 Å². The zero-order chi connectivity index (χ0) is 13.8. The van der Waals surface area contributed by atoms with Crippen molar-refractivity contribution in [2.45, 2.75) is 12.8 Å². The fraction of sp³-hybridized carbons (Fsp3) is 0.500. The summed E-state index contributed by atoms with van der Waals surface area (Å²) in [6.45, 7) is 2.40. The van der Waals surface area contributed by atoms with Crippen LogP contribution in [0.15, 0.2) is 18.2 Å². The van der Waals surface area contributed by atoms with E-state index in [4.69, 9.17) is 0 Å². The van der Waals surface area contributed by atoms with E-state index in [1.807, 2.05) is 0 Å². The first-order valence-corrected chi connectivity index (χ1v) is 6.50. The molecule has 0 atom stereocenters. The van der Waals surface area contributed by atoms with Crippen molar-refractivity contribution in [3.63, 3.8) is 0 Å². The molecule has 0 bridgehead atoms. The van der Waals surface area contributed by atoms with E-state index in [-0.39, 0.29) is 0 Å². The number of hydrogen-bond donors (Lipinski definition) is 1. The molecule has 19 heavy (non-hydrogen) atoms. The fourth-order valence-electron chi connectivity index (χ4n) is 2.43. The molecule has 1 saturated heterocycles. The highest BCUT2D eigenvalue weighted by Crippen LogP contribution is 2.17. The van der Waals surface area contributed by atoms with Crippen molar-refractivity contribution in [1.29, 1.82) is 0 Å². The maximum atomic E-state index is 13.5. The largest absolute Gasteiger partial charge is 0.341 e. The lowest BCUT2D eigenvalue weighted by Gasteiger charge is -2.27. The van der Waals surface area contributed by atoms with E-state index in [0.717, 1.165) is 38.1 Å². The predicted octanol–water partition coefficient (Wildman–Crippen LogP) is 2.04. The van der Waals surface area contributed by atoms with E-state index in [1.54, 1.807) is 7.05 Å². The Morgan fingerprint density at radius 3 is 2.47 bits per heavy atom. The fourth-order valence-corrected chi connectivity index (χ4v) is 2.43. The van der Waals surface area contributed by atoms with Gasteiger partial charge in [-0.15, -0.1) is 0 Å². The van der Waals surface area contributed by atoms with Crippen LogP contribution in [0.2, 0.25) is 0 Å². The number of halogens is 2. The van der Waals surface area contributed by atoms with Gasteiger partial charge in [0.2, 0.25) is 0 Å². The average molecular weight is 268 g/mol. The molecule has 1 aromatic rings. The van der Waals surface area contributed by atoms with Crippen LogP contribution in [0.3, 0.4) is 0 Å². The van der Waals surface area contributed by atoms with Crippen molar-refractivity contribution >= 4 is 5.91 Å². The zero-order valence-corrected chi connectivity index (χ0v) is 11.0. The van der Waals surface area contributed by atoms with Gasteiger partial charge in [0, 0.05) is 13.6 Å². The molecule has 1 fully saturated rings. The summed E-state index contributed by atoms with van der Waals surface area (Å²) in [7, 11) is 1.59. The van der Waals surface area contributed by atoms with Gasteiger partial charge in [0.05, 0.1) is 0 Å². The van der Waals surface area contributed by atoms with E-state index < -0.39 is 23.1 Å². The van der Waals surface area contributed by atoms with Crippen LogP contribution in [0.4, 0.5) is 8.78 Å². The number of nitrogens with zero attached hydrogens (tertiary/aromatic N) is 1. The van der Waals surface area contributed by atoms with Crippen LogP contribution in [0.5, 0.6) is 0 Å². The zero-order valence-electron chi connectivity index (χ0n) is 11.0. The summed E-state index contributed by atoms with van der Waals surface area (Å²) in [5, 5.41) is 3.24. The molecular weight excluding hydrogens is 250 g/mol. The number of piperidine rings is 1. The first-order valence-electron chi connectivity index (χ1n) is 6.50. The lowest BCUT2D eigenvalue weighted by Crippen LogP contribution is -2.37. The number of carbonyl (C=O) groups excluding carboxylic acids is 1. The highest BCUT2D eigenvalue weighted by atomic mass is 19.1. The molecule has 1 aliphatic heterocycles. The molecule has 1 aromatic carbocycles. The topological polar surface area (TPSA) is 32.3 Å². The van der Waals surface area contributed by atoms with Gasteiger partial charge in [0.1, 0.15) is 17.2 Å². The van der Waals surface area contributed by atoms with E-state index in [1.165, 1.54) is 11.0 Å². The molecule has 0 spiro atoms. The van der Waals surface area contributed by atoms with Crippen LogP contribution >= 0.6 is 0 Å². The van der Waals surface area contributed by atoms with Gasteiger partial charge in [0.15, 0.2) is 0 Å². The van der Waals surface area contributed by atoms with Crippen LogP contribution in [-0.2, 0) is 0 Å². The standard InChI is InChI=1S/C14H18F2N2O/c1-18(9-10-5-7-17-8-6-10)14(19)13-11(15)3-2-4-12(13)16/h2-4,10,17H,5-9H2,1H3. The second-order valence-electron chi connectivity index (χ2n) is 4.98. The molecule has 1 N–H and O–H groups in total. The highest BCUT2D eigenvalue weighted by molar-refractivity contribution is 5.94. The molecule has 1 amide bonds. The van der Waals surface area contributed by atoms with Crippen molar-refractivity contribution in [3.05, 3.63) is 35.4 Å². The number of nitrogens with one attached hydrogen (secondary N) is 1. The Balaban J connectivity index is 2.06. The summed E-state index contributed by atoms with van der Waals surface area (Å²) in [6, 6.07) is 3.47. The summed E-state index contributed by atoms with van der Waals surface area (Å²) in [5.41, 5.74) is -0.459. The molecule has 2 rings (SSSR count). The van der Waals surface area contributed by atoms with Gasteiger partial charge in [-0.25, -0.2) is 8.78 Å². The molecule has 0 aromatic heterocycles. The molecule has 0 saturated carbocycles. The third-order valence-corrected chi connectivity index (χ3v) is 3.51. The van der Waals surface area contributed by atoms with Crippen LogP contribution in [0.1, 0.15) is 23.2 Å². The van der Waals surface area contributed by atoms with Crippen molar-refractivity contribution < 1.29 is 13.6 Å². The molecule has 1 heterocycles. The Bertz CT molecular complexity index is 439. The molecular formula is C14H18F2N2O. The van der Waals surface area contributed by atoms with Crippen LogP contribution < -0.4 is 5.32 Å². The van der Waals surface area contributed by atoms with Crippen LogP contribution in [-0.4, -0.2) is 37.5 Å². The second kappa shape index (κ2) is 6.10. The third kappa shape index (κ3) is 3.29. The summed E-state index contributed by atoms with van der Waals surface area (Å²) in [4.78, 5) is 13.5. The summed E-state index contributed by atoms with van der Waals surface area (Å²) in [5.74, 6) is -1.80. The summed E-state index contributed by atoms with van der Waals surface area (Å²) >= 11 is 0. The lowest BCUT2D eigenvalue weighted by molar-refractivity contribution is 0.0753. The van der Waals surface area contributed by atoms with Crippen LogP contribution in [0.25, 0.3) is 0 Å². The molecule has 1 aliphatic rings. The SMILES string of the molecule is CN(CC1CCNCC1)C(=O)c1c(F)cccc1F. The van der Waals surface area contributed by atoms with Crippen LogP contribution in [0, 0.1) is 17.6 Å². The Morgan fingerprint density at radius 1 is 1.32 bits per heavy atom. The molecule has 3 nitrogen and oxygen atoms in total. The van der Waals surface area contributed by atoms with Crippen molar-refractivity contribution in [2.75, 3.05) is 26.7 Å². The normalized spacial score (nSPS) is 16.4. The number of amides is 1. The Kier molecular flexibility index (Phi) is 4.47. The number of rotatable bonds is 3. The predicted molar refractivity (Wildman–Crippen MR) is 68.9 cm³/mol.